The van der Waals surface area contributed by atoms with Gasteiger partial charge in [-0.3, -0.25) is 0 Å². The summed E-state index contributed by atoms with van der Waals surface area (Å²) in [5.41, 5.74) is 4.22. The second-order valence-corrected chi connectivity index (χ2v) is 7.26. The monoisotopic (exact) mass is 405 g/mol. The van der Waals surface area contributed by atoms with Gasteiger partial charge in [0.05, 0.1) is 6.61 Å². The highest BCUT2D eigenvalue weighted by molar-refractivity contribution is 5.82. The van der Waals surface area contributed by atoms with Crippen LogP contribution in [0.3, 0.4) is 0 Å². The molecule has 1 N–H and O–H groups in total. The second kappa shape index (κ2) is 9.05. The number of fused-ring (bicyclic) bond motifs is 1. The number of ether oxygens (including phenoxy) is 2. The van der Waals surface area contributed by atoms with Gasteiger partial charge in [-0.25, -0.2) is 14.4 Å². The van der Waals surface area contributed by atoms with E-state index in [4.69, 9.17) is 9.47 Å². The van der Waals surface area contributed by atoms with Crippen molar-refractivity contribution >= 4 is 10.9 Å². The predicted octanol–water partition coefficient (Wildman–Crippen LogP) is 4.61. The zero-order chi connectivity index (χ0) is 20.9. The van der Waals surface area contributed by atoms with Crippen molar-refractivity contribution in [3.8, 4) is 5.75 Å². The van der Waals surface area contributed by atoms with Crippen LogP contribution in [-0.2, 0) is 17.6 Å². The largest absolute Gasteiger partial charge is 0.491 e. The van der Waals surface area contributed by atoms with Crippen LogP contribution in [0.4, 0.5) is 4.39 Å². The van der Waals surface area contributed by atoms with Crippen molar-refractivity contribution in [3.63, 3.8) is 0 Å². The summed E-state index contributed by atoms with van der Waals surface area (Å²) in [7, 11) is 1.65. The standard InChI is InChI=1S/C24H24FN3O2/c1-16-12-21-22(27-16)7-6-18(24(21)25)15-19-8-9-26-23(28-19)14-17-4-3-5-20(13-17)30-11-10-29-2/h3-9,12-13,27H,10-11,14-15H2,1-2H3. The molecule has 0 radical (unpaired) electrons. The highest BCUT2D eigenvalue weighted by Gasteiger charge is 2.11. The molecule has 0 aliphatic heterocycles. The fourth-order valence-electron chi connectivity index (χ4n) is 3.48. The molecule has 154 valence electrons. The molecule has 6 heteroatoms. The van der Waals surface area contributed by atoms with Crippen LogP contribution < -0.4 is 4.74 Å². The molecule has 0 aliphatic carbocycles. The van der Waals surface area contributed by atoms with Crippen molar-refractivity contribution in [2.45, 2.75) is 19.8 Å². The summed E-state index contributed by atoms with van der Waals surface area (Å²) in [6, 6.07) is 15.3. The molecule has 2 heterocycles. The Morgan fingerprint density at radius 1 is 1.03 bits per heavy atom. The molecule has 0 unspecified atom stereocenters. The molecule has 30 heavy (non-hydrogen) atoms. The van der Waals surface area contributed by atoms with Crippen LogP contribution in [-0.4, -0.2) is 35.3 Å². The molecule has 0 saturated heterocycles. The van der Waals surface area contributed by atoms with Crippen LogP contribution in [0.1, 0.15) is 28.3 Å². The lowest BCUT2D eigenvalue weighted by Gasteiger charge is -2.08. The molecular formula is C24H24FN3O2. The van der Waals surface area contributed by atoms with Crippen LogP contribution in [0.15, 0.2) is 54.7 Å². The Balaban J connectivity index is 1.49. The first-order chi connectivity index (χ1) is 14.6. The number of methoxy groups -OCH3 is 1. The number of nitrogens with one attached hydrogen (secondary N) is 1. The van der Waals surface area contributed by atoms with E-state index in [1.54, 1.807) is 13.3 Å². The third-order valence-corrected chi connectivity index (χ3v) is 4.90. The Kier molecular flexibility index (Phi) is 6.05. The Labute approximate surface area is 174 Å². The SMILES string of the molecule is COCCOc1cccc(Cc2nccc(Cc3ccc4[nH]c(C)cc4c3F)n2)c1. The Morgan fingerprint density at radius 2 is 1.93 bits per heavy atom. The topological polar surface area (TPSA) is 60.0 Å². The van der Waals surface area contributed by atoms with Crippen LogP contribution in [0.25, 0.3) is 10.9 Å². The van der Waals surface area contributed by atoms with Gasteiger partial charge in [-0.1, -0.05) is 18.2 Å². The van der Waals surface area contributed by atoms with Crippen molar-refractivity contribution in [2.24, 2.45) is 0 Å². The number of aromatic nitrogens is 3. The summed E-state index contributed by atoms with van der Waals surface area (Å²) in [6.45, 7) is 2.97. The maximum Gasteiger partial charge on any atom is 0.136 e. The van der Waals surface area contributed by atoms with Gasteiger partial charge in [0.25, 0.3) is 0 Å². The van der Waals surface area contributed by atoms with Gasteiger partial charge < -0.3 is 14.5 Å². The first kappa shape index (κ1) is 20.0. The van der Waals surface area contributed by atoms with E-state index in [1.807, 2.05) is 55.5 Å². The van der Waals surface area contributed by atoms with E-state index >= 15 is 0 Å². The van der Waals surface area contributed by atoms with Crippen molar-refractivity contribution in [3.05, 3.63) is 88.9 Å². The van der Waals surface area contributed by atoms with E-state index < -0.39 is 0 Å². The third kappa shape index (κ3) is 4.66. The molecule has 0 amide bonds. The maximum atomic E-state index is 14.9. The number of hydrogen-bond donors (Lipinski definition) is 1. The fourth-order valence-corrected chi connectivity index (χ4v) is 3.48. The molecule has 0 atom stereocenters. The highest BCUT2D eigenvalue weighted by atomic mass is 19.1. The first-order valence-corrected chi connectivity index (χ1v) is 9.90. The Hall–Kier alpha value is -3.25. The van der Waals surface area contributed by atoms with Gasteiger partial charge in [-0.15, -0.1) is 0 Å². The summed E-state index contributed by atoms with van der Waals surface area (Å²) in [6.07, 6.45) is 2.73. The number of nitrogens with zero attached hydrogens (tertiary/aromatic N) is 2. The summed E-state index contributed by atoms with van der Waals surface area (Å²) in [5.74, 6) is 1.29. The Morgan fingerprint density at radius 3 is 2.80 bits per heavy atom. The minimum atomic E-state index is -0.196. The van der Waals surface area contributed by atoms with Crippen molar-refractivity contribution in [2.75, 3.05) is 20.3 Å². The maximum absolute atomic E-state index is 14.9. The molecule has 0 spiro atoms. The van der Waals surface area contributed by atoms with Crippen molar-refractivity contribution in [1.82, 2.24) is 15.0 Å². The van der Waals surface area contributed by atoms with Gasteiger partial charge in [0.1, 0.15) is 24.0 Å². The summed E-state index contributed by atoms with van der Waals surface area (Å²) < 4.78 is 25.6. The molecule has 2 aromatic carbocycles. The van der Waals surface area contributed by atoms with Gasteiger partial charge in [-0.05, 0) is 48.4 Å². The molecule has 0 bridgehead atoms. The van der Waals surface area contributed by atoms with E-state index in [0.29, 0.717) is 42.8 Å². The van der Waals surface area contributed by atoms with Gasteiger partial charge >= 0.3 is 0 Å². The van der Waals surface area contributed by atoms with E-state index in [-0.39, 0.29) is 5.82 Å². The van der Waals surface area contributed by atoms with E-state index in [9.17, 15) is 4.39 Å². The number of benzene rings is 2. The van der Waals surface area contributed by atoms with Crippen LogP contribution in [0.2, 0.25) is 0 Å². The quantitative estimate of drug-likeness (QED) is 0.435. The summed E-state index contributed by atoms with van der Waals surface area (Å²) in [4.78, 5) is 12.2. The van der Waals surface area contributed by atoms with E-state index in [2.05, 4.69) is 15.0 Å². The molecular weight excluding hydrogens is 381 g/mol. The molecule has 5 nitrogen and oxygen atoms in total. The average molecular weight is 405 g/mol. The Bertz CT molecular complexity index is 1160. The lowest BCUT2D eigenvalue weighted by Crippen LogP contribution is -2.05. The second-order valence-electron chi connectivity index (χ2n) is 7.26. The molecule has 4 rings (SSSR count). The van der Waals surface area contributed by atoms with Crippen LogP contribution >= 0.6 is 0 Å². The number of rotatable bonds is 8. The van der Waals surface area contributed by atoms with Gasteiger partial charge in [0, 0.05) is 48.4 Å². The molecule has 0 saturated carbocycles. The highest BCUT2D eigenvalue weighted by Crippen LogP contribution is 2.23. The zero-order valence-electron chi connectivity index (χ0n) is 17.1. The molecule has 0 aliphatic rings. The van der Waals surface area contributed by atoms with Crippen molar-refractivity contribution in [1.29, 1.82) is 0 Å². The number of hydrogen-bond acceptors (Lipinski definition) is 4. The molecule has 4 aromatic rings. The first-order valence-electron chi connectivity index (χ1n) is 9.90. The third-order valence-electron chi connectivity index (χ3n) is 4.90. The predicted molar refractivity (Wildman–Crippen MR) is 114 cm³/mol. The van der Waals surface area contributed by atoms with Crippen LogP contribution in [0, 0.1) is 12.7 Å². The van der Waals surface area contributed by atoms with Gasteiger partial charge in [0.2, 0.25) is 0 Å². The smallest absolute Gasteiger partial charge is 0.136 e. The average Bonchev–Trinajstić information content (AvgIpc) is 3.12. The fraction of sp³-hybridized carbons (Fsp3) is 0.250. The molecule has 2 aromatic heterocycles. The van der Waals surface area contributed by atoms with E-state index in [0.717, 1.165) is 28.2 Å². The zero-order valence-corrected chi connectivity index (χ0v) is 17.1. The van der Waals surface area contributed by atoms with Crippen molar-refractivity contribution < 1.29 is 13.9 Å². The minimum Gasteiger partial charge on any atom is -0.491 e. The summed E-state index contributed by atoms with van der Waals surface area (Å²) in [5, 5.41) is 0.615. The van der Waals surface area contributed by atoms with E-state index in [1.165, 1.54) is 0 Å². The van der Waals surface area contributed by atoms with Crippen LogP contribution in [0.5, 0.6) is 5.75 Å². The number of H-pyrrole nitrogens is 1. The normalized spacial score (nSPS) is 11.2. The van der Waals surface area contributed by atoms with Gasteiger partial charge in [-0.2, -0.15) is 0 Å². The minimum absolute atomic E-state index is 0.196. The summed E-state index contributed by atoms with van der Waals surface area (Å²) >= 11 is 0. The lowest BCUT2D eigenvalue weighted by atomic mass is 10.1. The number of halogens is 1. The molecule has 0 fully saturated rings. The van der Waals surface area contributed by atoms with Gasteiger partial charge in [0.15, 0.2) is 0 Å². The number of aryl methyl sites for hydroxylation is 1. The lowest BCUT2D eigenvalue weighted by molar-refractivity contribution is 0.146. The number of aromatic amines is 1.